The van der Waals surface area contributed by atoms with Crippen LogP contribution >= 0.6 is 0 Å². The third-order valence-corrected chi connectivity index (χ3v) is 24.7. The lowest BCUT2D eigenvalue weighted by Crippen LogP contribution is -2.87. The first-order chi connectivity index (χ1) is 33.3. The van der Waals surface area contributed by atoms with Crippen LogP contribution in [0, 0.1) is 92.7 Å². The summed E-state index contributed by atoms with van der Waals surface area (Å²) in [6.45, 7) is 2.92. The molecule has 2 heterocycles. The Morgan fingerprint density at radius 2 is 1.72 bits per heavy atom. The fraction of sp³-hybridized carbons (Fsp3) is 0.797. The lowest BCUT2D eigenvalue weighted by atomic mass is 9.31. The largest absolute Gasteiger partial charge is 0.454 e. The van der Waals surface area contributed by atoms with Gasteiger partial charge in [0.15, 0.2) is 0 Å². The molecule has 1 saturated heterocycles. The molecule has 14 rings (SSSR count). The summed E-state index contributed by atoms with van der Waals surface area (Å²) >= 11 is 0. The number of rotatable bonds is 5. The number of carbonyl (C=O) groups is 2. The number of aliphatic hydroxyl groups excluding tert-OH is 2. The maximum Gasteiger partial charge on any atom is 0.331 e. The van der Waals surface area contributed by atoms with Crippen molar-refractivity contribution in [3.8, 4) is 11.8 Å². The van der Waals surface area contributed by atoms with Gasteiger partial charge in [0.1, 0.15) is 23.6 Å². The van der Waals surface area contributed by atoms with Crippen molar-refractivity contribution in [3.63, 3.8) is 0 Å². The molecule has 19 atom stereocenters. The minimum atomic E-state index is -2.16. The number of nitrogens with one attached hydrogen (secondary N) is 1. The standard InChI is InChI=1S/C59H79NO9/c1-34(35-10-3-4-11-35)37-15-16-44-52-56(40(19-25-68-52)17-23-53(56)20-7-8-21-53)32-55(33-62)47-18-24-54-22-6-5-12-36-13-9-14-38(31-61)41(36)28-46(60-2)42-26-39(49(54)43-29-48(63)69-50(42)43)30-57(54,65)59(47,67)51(64)45(27-37)58(44,55)66/h9,13-14,29,33-35,37,39-40,42,44-47,49-52,60-61,64-67H,3-4,6-8,10-11,15-28,30-32H2,1-2H3. The van der Waals surface area contributed by atoms with Crippen LogP contribution in [0.25, 0.3) is 0 Å². The lowest BCUT2D eigenvalue weighted by molar-refractivity contribution is -0.394. The maximum absolute atomic E-state index is 15.3. The van der Waals surface area contributed by atoms with Crippen LogP contribution in [0.5, 0.6) is 0 Å². The van der Waals surface area contributed by atoms with E-state index in [4.69, 9.17) is 9.47 Å². The summed E-state index contributed by atoms with van der Waals surface area (Å²) in [7, 11) is 1.94. The van der Waals surface area contributed by atoms with E-state index < -0.39 is 51.7 Å². The first kappa shape index (κ1) is 46.2. The SMILES string of the molecule is CNC1Cc2c(cccc2CO)C#CCCC23CCC4C5(C=O)CC67C(CCOC6C6CCC(C(C)C8CCCC8)CC(C(O)C4(O)C2(O)CC2CC1C1OC(=O)C=C1C23)C65O)CCC71CCCC1. The zero-order valence-electron chi connectivity index (χ0n) is 41.3. The molecule has 9 saturated carbocycles. The van der Waals surface area contributed by atoms with E-state index in [1.165, 1.54) is 25.7 Å². The van der Waals surface area contributed by atoms with Crippen molar-refractivity contribution < 1.29 is 44.6 Å². The molecule has 10 heteroatoms. The molecule has 2 aliphatic heterocycles. The average molecular weight is 946 g/mol. The molecule has 10 fully saturated rings. The Labute approximate surface area is 409 Å². The summed E-state index contributed by atoms with van der Waals surface area (Å²) in [6, 6.07) is 5.73. The minimum absolute atomic E-state index is 0.0141. The Kier molecular flexibility index (Phi) is 10.7. The zero-order chi connectivity index (χ0) is 47.5. The summed E-state index contributed by atoms with van der Waals surface area (Å²) < 4.78 is 13.6. The minimum Gasteiger partial charge on any atom is -0.454 e. The summed E-state index contributed by atoms with van der Waals surface area (Å²) in [5.41, 5.74) is -4.98. The van der Waals surface area contributed by atoms with Crippen LogP contribution in [0.2, 0.25) is 0 Å². The molecule has 11 aliphatic carbocycles. The number of benzene rings is 1. The zero-order valence-corrected chi connectivity index (χ0v) is 41.3. The Morgan fingerprint density at radius 3 is 2.49 bits per heavy atom. The van der Waals surface area contributed by atoms with Gasteiger partial charge in [-0.05, 0) is 167 Å². The van der Waals surface area contributed by atoms with E-state index in [1.807, 2.05) is 25.2 Å². The first-order valence-electron chi connectivity index (χ1n) is 28.0. The molecule has 13 aliphatic rings. The molecule has 6 N–H and O–H groups in total. The van der Waals surface area contributed by atoms with Crippen molar-refractivity contribution in [1.29, 1.82) is 0 Å². The Bertz CT molecular complexity index is 2360. The summed E-state index contributed by atoms with van der Waals surface area (Å²) in [5.74, 6) is 5.24. The topological polar surface area (TPSA) is 166 Å². The van der Waals surface area contributed by atoms with Crippen molar-refractivity contribution in [2.75, 3.05) is 13.7 Å². The third kappa shape index (κ3) is 5.61. The van der Waals surface area contributed by atoms with Gasteiger partial charge in [-0.15, -0.1) is 0 Å². The van der Waals surface area contributed by atoms with Gasteiger partial charge < -0.3 is 45.1 Å². The molecular weight excluding hydrogens is 867 g/mol. The molecule has 19 unspecified atom stereocenters. The quantitative estimate of drug-likeness (QED) is 0.102. The van der Waals surface area contributed by atoms with Gasteiger partial charge in [0, 0.05) is 65.2 Å². The van der Waals surface area contributed by atoms with Gasteiger partial charge in [-0.25, -0.2) is 4.79 Å². The van der Waals surface area contributed by atoms with E-state index >= 15 is 4.79 Å². The highest BCUT2D eigenvalue weighted by Crippen LogP contribution is 2.82. The van der Waals surface area contributed by atoms with E-state index in [0.717, 1.165) is 86.3 Å². The molecule has 1 aromatic carbocycles. The van der Waals surface area contributed by atoms with Crippen LogP contribution < -0.4 is 5.32 Å². The molecular formula is C59H79NO9. The van der Waals surface area contributed by atoms with Crippen molar-refractivity contribution in [1.82, 2.24) is 5.32 Å². The predicted molar refractivity (Wildman–Crippen MR) is 258 cm³/mol. The third-order valence-electron chi connectivity index (χ3n) is 24.7. The fourth-order valence-corrected chi connectivity index (χ4v) is 22.1. The number of aldehydes is 1. The Morgan fingerprint density at radius 1 is 0.913 bits per heavy atom. The normalized spacial score (nSPS) is 50.5. The van der Waals surface area contributed by atoms with Crippen molar-refractivity contribution in [2.24, 2.45) is 80.8 Å². The number of carbonyl (C=O) groups excluding carboxylic acids is 2. The number of ether oxygens (including phenoxy) is 2. The summed E-state index contributed by atoms with van der Waals surface area (Å²) in [6.07, 6.45) is 18.5. The van der Waals surface area contributed by atoms with Gasteiger partial charge in [-0.3, -0.25) is 0 Å². The summed E-state index contributed by atoms with van der Waals surface area (Å²) in [5, 5.41) is 72.2. The molecule has 10 nitrogen and oxygen atoms in total. The second-order valence-electron chi connectivity index (χ2n) is 25.9. The maximum atomic E-state index is 15.3. The second kappa shape index (κ2) is 15.9. The molecule has 4 bridgehead atoms. The van der Waals surface area contributed by atoms with Gasteiger partial charge in [0.25, 0.3) is 0 Å². The van der Waals surface area contributed by atoms with Gasteiger partial charge in [0.05, 0.1) is 29.8 Å². The van der Waals surface area contributed by atoms with Crippen LogP contribution in [0.1, 0.15) is 158 Å². The monoisotopic (exact) mass is 946 g/mol. The summed E-state index contributed by atoms with van der Waals surface area (Å²) in [4.78, 5) is 29.1. The predicted octanol–water partition coefficient (Wildman–Crippen LogP) is 7.12. The van der Waals surface area contributed by atoms with Crippen molar-refractivity contribution >= 4 is 12.3 Å². The molecule has 1 aromatic rings. The Balaban J connectivity index is 1.01. The second-order valence-corrected chi connectivity index (χ2v) is 25.9. The van der Waals surface area contributed by atoms with E-state index in [1.54, 1.807) is 6.08 Å². The number of aliphatic hydroxyl groups is 5. The van der Waals surface area contributed by atoms with Gasteiger partial charge >= 0.3 is 5.97 Å². The Hall–Kier alpha value is -2.62. The highest BCUT2D eigenvalue weighted by atomic mass is 16.5. The highest BCUT2D eigenvalue weighted by molar-refractivity contribution is 5.86. The van der Waals surface area contributed by atoms with Crippen molar-refractivity contribution in [2.45, 2.75) is 196 Å². The van der Waals surface area contributed by atoms with Crippen LogP contribution in [-0.4, -0.2) is 92.6 Å². The number of esters is 1. The van der Waals surface area contributed by atoms with E-state index in [-0.39, 0.29) is 71.6 Å². The number of likely N-dealkylation sites (N-methyl/N-ethyl adjacent to an activating group) is 1. The van der Waals surface area contributed by atoms with Crippen LogP contribution in [0.3, 0.4) is 0 Å². The average Bonchev–Trinajstić information content (AvgIpc) is 4.20. The highest BCUT2D eigenvalue weighted by Gasteiger charge is 2.88. The molecule has 0 radical (unpaired) electrons. The fourth-order valence-electron chi connectivity index (χ4n) is 22.1. The number of hydrogen-bond acceptors (Lipinski definition) is 10. The lowest BCUT2D eigenvalue weighted by Gasteiger charge is -2.76. The molecule has 0 aromatic heterocycles. The van der Waals surface area contributed by atoms with E-state index in [0.29, 0.717) is 75.7 Å². The number of hydrogen-bond donors (Lipinski definition) is 6. The first-order valence-corrected chi connectivity index (χ1v) is 28.0. The van der Waals surface area contributed by atoms with Crippen LogP contribution in [0.15, 0.2) is 29.8 Å². The van der Waals surface area contributed by atoms with Gasteiger partial charge in [-0.1, -0.05) is 69.4 Å². The smallest absolute Gasteiger partial charge is 0.331 e. The molecule has 0 amide bonds. The molecule has 374 valence electrons. The van der Waals surface area contributed by atoms with E-state index in [2.05, 4.69) is 24.1 Å². The van der Waals surface area contributed by atoms with Crippen molar-refractivity contribution in [3.05, 3.63) is 46.5 Å². The van der Waals surface area contributed by atoms with Crippen LogP contribution in [-0.2, 0) is 32.1 Å². The van der Waals surface area contributed by atoms with Crippen LogP contribution in [0.4, 0.5) is 0 Å². The number of fused-ring (bicyclic) bond motifs is 7. The van der Waals surface area contributed by atoms with Gasteiger partial charge in [-0.2, -0.15) is 0 Å². The van der Waals surface area contributed by atoms with Gasteiger partial charge in [0.2, 0.25) is 0 Å². The van der Waals surface area contributed by atoms with E-state index in [9.17, 15) is 30.3 Å². The molecule has 3 spiro atoms. The molecule has 69 heavy (non-hydrogen) atoms.